The van der Waals surface area contributed by atoms with Crippen LogP contribution in [0.3, 0.4) is 0 Å². The van der Waals surface area contributed by atoms with Crippen molar-refractivity contribution in [2.75, 3.05) is 26.2 Å². The molecule has 0 aromatic carbocycles. The molecule has 0 bridgehead atoms. The Hall–Kier alpha value is -1.46. The molecule has 122 valence electrons. The quantitative estimate of drug-likeness (QED) is 0.920. The van der Waals surface area contributed by atoms with E-state index < -0.39 is 0 Å². The van der Waals surface area contributed by atoms with Gasteiger partial charge >= 0.3 is 0 Å². The topological polar surface area (TPSA) is 56.7 Å². The maximum Gasteiger partial charge on any atom is 0.272 e. The fourth-order valence-corrected chi connectivity index (χ4v) is 3.13. The first-order valence-corrected chi connectivity index (χ1v) is 8.06. The molecule has 1 fully saturated rings. The van der Waals surface area contributed by atoms with Crippen molar-refractivity contribution in [3.05, 3.63) is 29.6 Å². The third kappa shape index (κ3) is 3.65. The van der Waals surface area contributed by atoms with Gasteiger partial charge < -0.3 is 10.0 Å². The molecule has 22 heavy (non-hydrogen) atoms. The number of carbonyl (C=O) groups is 1. The predicted octanol–water partition coefficient (Wildman–Crippen LogP) is 1.73. The highest BCUT2D eigenvalue weighted by Crippen LogP contribution is 2.18. The van der Waals surface area contributed by atoms with Crippen LogP contribution in [0, 0.1) is 0 Å². The van der Waals surface area contributed by atoms with Crippen molar-refractivity contribution in [3.8, 4) is 0 Å². The molecule has 2 rings (SSSR count). The van der Waals surface area contributed by atoms with Crippen LogP contribution in [-0.4, -0.2) is 64.1 Å². The SMILES string of the molecule is CC(C)c1cccc(C(=O)N2C[C@@H](C)N(CCO)[C@@H](C)C2)n1. The molecule has 0 spiro atoms. The zero-order valence-corrected chi connectivity index (χ0v) is 14.0. The van der Waals surface area contributed by atoms with Crippen LogP contribution in [-0.2, 0) is 0 Å². The van der Waals surface area contributed by atoms with Crippen LogP contribution in [0.4, 0.5) is 0 Å². The first kappa shape index (κ1) is 16.9. The van der Waals surface area contributed by atoms with Crippen LogP contribution in [0.2, 0.25) is 0 Å². The van der Waals surface area contributed by atoms with Crippen molar-refractivity contribution in [1.82, 2.24) is 14.8 Å². The van der Waals surface area contributed by atoms with Gasteiger partial charge in [-0.1, -0.05) is 19.9 Å². The van der Waals surface area contributed by atoms with Crippen molar-refractivity contribution < 1.29 is 9.90 Å². The highest BCUT2D eigenvalue weighted by atomic mass is 16.3. The molecular formula is C17H27N3O2. The summed E-state index contributed by atoms with van der Waals surface area (Å²) in [5.74, 6) is 0.317. The Morgan fingerprint density at radius 3 is 2.50 bits per heavy atom. The number of rotatable bonds is 4. The molecule has 2 atom stereocenters. The van der Waals surface area contributed by atoms with Crippen LogP contribution in [0.5, 0.6) is 0 Å². The highest BCUT2D eigenvalue weighted by Gasteiger charge is 2.32. The maximum absolute atomic E-state index is 12.7. The molecular weight excluding hydrogens is 278 g/mol. The lowest BCUT2D eigenvalue weighted by atomic mass is 10.1. The number of nitrogens with zero attached hydrogens (tertiary/aromatic N) is 3. The molecule has 1 aliphatic heterocycles. The number of β-amino-alcohol motifs (C(OH)–C–C–N with tert-alkyl or cyclic N) is 1. The first-order valence-electron chi connectivity index (χ1n) is 8.06. The lowest BCUT2D eigenvalue weighted by Gasteiger charge is -2.44. The summed E-state index contributed by atoms with van der Waals surface area (Å²) in [5, 5.41) is 9.16. The average Bonchev–Trinajstić information content (AvgIpc) is 2.50. The number of pyridine rings is 1. The second kappa shape index (κ2) is 7.20. The number of hydrogen-bond acceptors (Lipinski definition) is 4. The van der Waals surface area contributed by atoms with Gasteiger partial charge in [0.15, 0.2) is 0 Å². The Morgan fingerprint density at radius 1 is 1.32 bits per heavy atom. The van der Waals surface area contributed by atoms with Crippen LogP contribution in [0.25, 0.3) is 0 Å². The van der Waals surface area contributed by atoms with Crippen LogP contribution in [0.1, 0.15) is 49.8 Å². The monoisotopic (exact) mass is 305 g/mol. The van der Waals surface area contributed by atoms with Crippen molar-refractivity contribution in [3.63, 3.8) is 0 Å². The van der Waals surface area contributed by atoms with Crippen molar-refractivity contribution in [1.29, 1.82) is 0 Å². The van der Waals surface area contributed by atoms with E-state index in [4.69, 9.17) is 5.11 Å². The number of amides is 1. The molecule has 1 aromatic rings. The zero-order chi connectivity index (χ0) is 16.3. The van der Waals surface area contributed by atoms with Gasteiger partial charge in [0, 0.05) is 37.4 Å². The number of aliphatic hydroxyl groups excluding tert-OH is 1. The van der Waals surface area contributed by atoms with Crippen LogP contribution < -0.4 is 0 Å². The predicted molar refractivity (Wildman–Crippen MR) is 86.9 cm³/mol. The fourth-order valence-electron chi connectivity index (χ4n) is 3.13. The summed E-state index contributed by atoms with van der Waals surface area (Å²) in [6.45, 7) is 10.5. The van der Waals surface area contributed by atoms with Gasteiger partial charge in [0.1, 0.15) is 5.69 Å². The number of carbonyl (C=O) groups excluding carboxylic acids is 1. The molecule has 5 heteroatoms. The third-order valence-electron chi connectivity index (χ3n) is 4.33. The summed E-state index contributed by atoms with van der Waals surface area (Å²) in [7, 11) is 0. The van der Waals surface area contributed by atoms with Crippen molar-refractivity contribution in [2.45, 2.75) is 45.7 Å². The van der Waals surface area contributed by atoms with E-state index in [1.165, 1.54) is 0 Å². The normalized spacial score (nSPS) is 23.1. The van der Waals surface area contributed by atoms with Gasteiger partial charge in [-0.25, -0.2) is 4.98 Å². The summed E-state index contributed by atoms with van der Waals surface area (Å²) < 4.78 is 0. The molecule has 0 saturated carbocycles. The minimum absolute atomic E-state index is 0.00449. The van der Waals surface area contributed by atoms with Gasteiger partial charge in [-0.05, 0) is 31.9 Å². The van der Waals surface area contributed by atoms with E-state index in [1.54, 1.807) is 6.07 Å². The lowest BCUT2D eigenvalue weighted by molar-refractivity contribution is 0.0233. The van der Waals surface area contributed by atoms with Gasteiger partial charge in [-0.2, -0.15) is 0 Å². The Labute approximate surface area is 132 Å². The van der Waals surface area contributed by atoms with Crippen molar-refractivity contribution in [2.24, 2.45) is 0 Å². The van der Waals surface area contributed by atoms with E-state index in [0.29, 0.717) is 31.2 Å². The van der Waals surface area contributed by atoms with Gasteiger partial charge in [0.2, 0.25) is 0 Å². The van der Waals surface area contributed by atoms with Gasteiger partial charge in [-0.3, -0.25) is 9.69 Å². The zero-order valence-electron chi connectivity index (χ0n) is 14.0. The minimum atomic E-state index is 0.00449. The second-order valence-corrected chi connectivity index (χ2v) is 6.47. The van der Waals surface area contributed by atoms with Crippen LogP contribution in [0.15, 0.2) is 18.2 Å². The molecule has 0 aliphatic carbocycles. The molecule has 0 radical (unpaired) electrons. The second-order valence-electron chi connectivity index (χ2n) is 6.47. The number of aromatic nitrogens is 1. The summed E-state index contributed by atoms with van der Waals surface area (Å²) in [6, 6.07) is 6.15. The van der Waals surface area contributed by atoms with E-state index >= 15 is 0 Å². The Bertz CT molecular complexity index is 506. The van der Waals surface area contributed by atoms with E-state index in [1.807, 2.05) is 17.0 Å². The highest BCUT2D eigenvalue weighted by molar-refractivity contribution is 5.92. The molecule has 1 amide bonds. The van der Waals surface area contributed by atoms with Crippen molar-refractivity contribution >= 4 is 5.91 Å². The standard InChI is InChI=1S/C17H27N3O2/c1-12(2)15-6-5-7-16(18-15)17(22)19-10-13(3)20(8-9-21)14(4)11-19/h5-7,12-14,21H,8-11H2,1-4H3/t13-,14+. The minimum Gasteiger partial charge on any atom is -0.395 e. The molecule has 0 unspecified atom stereocenters. The van der Waals surface area contributed by atoms with Gasteiger partial charge in [-0.15, -0.1) is 0 Å². The molecule has 1 saturated heterocycles. The number of aliphatic hydroxyl groups is 1. The van der Waals surface area contributed by atoms with E-state index in [-0.39, 0.29) is 24.6 Å². The summed E-state index contributed by atoms with van der Waals surface area (Å²) in [6.07, 6.45) is 0. The average molecular weight is 305 g/mol. The maximum atomic E-state index is 12.7. The third-order valence-corrected chi connectivity index (χ3v) is 4.33. The summed E-state index contributed by atoms with van der Waals surface area (Å²) >= 11 is 0. The molecule has 1 aromatic heterocycles. The van der Waals surface area contributed by atoms with Crippen LogP contribution >= 0.6 is 0 Å². The van der Waals surface area contributed by atoms with E-state index in [2.05, 4.69) is 37.6 Å². The Kier molecular flexibility index (Phi) is 5.53. The largest absolute Gasteiger partial charge is 0.395 e. The van der Waals surface area contributed by atoms with Gasteiger partial charge in [0.05, 0.1) is 6.61 Å². The number of piperazine rings is 1. The summed E-state index contributed by atoms with van der Waals surface area (Å²) in [5.41, 5.74) is 1.48. The van der Waals surface area contributed by atoms with E-state index in [0.717, 1.165) is 5.69 Å². The van der Waals surface area contributed by atoms with E-state index in [9.17, 15) is 4.79 Å². The smallest absolute Gasteiger partial charge is 0.272 e. The fraction of sp³-hybridized carbons (Fsp3) is 0.647. The Balaban J connectivity index is 2.12. The lowest BCUT2D eigenvalue weighted by Crippen LogP contribution is -2.58. The number of hydrogen-bond donors (Lipinski definition) is 1. The molecule has 1 aliphatic rings. The van der Waals surface area contributed by atoms with Gasteiger partial charge in [0.25, 0.3) is 5.91 Å². The summed E-state index contributed by atoms with van der Waals surface area (Å²) in [4.78, 5) is 21.4. The molecule has 2 heterocycles. The Morgan fingerprint density at radius 2 is 1.95 bits per heavy atom. The molecule has 1 N–H and O–H groups in total. The first-order chi connectivity index (χ1) is 10.4. The molecule has 5 nitrogen and oxygen atoms in total.